The predicted molar refractivity (Wildman–Crippen MR) is 82.1 cm³/mol. The number of carboxylic acids is 1. The van der Waals surface area contributed by atoms with Crippen molar-refractivity contribution in [3.05, 3.63) is 59.1 Å². The average molecular weight is 281 g/mol. The molecule has 2 nitrogen and oxygen atoms in total. The van der Waals surface area contributed by atoms with Crippen molar-refractivity contribution in [3.8, 4) is 0 Å². The molecule has 0 radical (unpaired) electrons. The molecule has 4 aromatic rings. The lowest BCUT2D eigenvalue weighted by Gasteiger charge is -2.12. The second-order valence-corrected chi connectivity index (χ2v) is 5.34. The van der Waals surface area contributed by atoms with Gasteiger partial charge in [0.05, 0.1) is 5.56 Å². The SMILES string of the molecule is O=C(O)c1cc2ccc3cccc4c(Cl)cc(c1)c2c34. The fraction of sp³-hybridized carbons (Fsp3) is 0. The molecule has 0 heterocycles. The van der Waals surface area contributed by atoms with E-state index in [9.17, 15) is 9.90 Å². The summed E-state index contributed by atoms with van der Waals surface area (Å²) in [5.74, 6) is -0.924. The van der Waals surface area contributed by atoms with Crippen LogP contribution in [0.3, 0.4) is 0 Å². The summed E-state index contributed by atoms with van der Waals surface area (Å²) in [4.78, 5) is 11.2. The Kier molecular flexibility index (Phi) is 2.21. The molecule has 0 saturated carbocycles. The first-order chi connectivity index (χ1) is 9.65. The molecule has 0 aliphatic heterocycles. The van der Waals surface area contributed by atoms with Gasteiger partial charge in [0, 0.05) is 10.4 Å². The van der Waals surface area contributed by atoms with Crippen LogP contribution in [0, 0.1) is 0 Å². The molecular weight excluding hydrogens is 272 g/mol. The van der Waals surface area contributed by atoms with Crippen molar-refractivity contribution < 1.29 is 9.90 Å². The van der Waals surface area contributed by atoms with Crippen LogP contribution in [0.2, 0.25) is 5.02 Å². The highest BCUT2D eigenvalue weighted by Gasteiger charge is 2.13. The van der Waals surface area contributed by atoms with Crippen LogP contribution in [0.15, 0.2) is 48.5 Å². The third-order valence-corrected chi connectivity index (χ3v) is 4.09. The molecule has 1 N–H and O–H groups in total. The van der Waals surface area contributed by atoms with Gasteiger partial charge in [0.15, 0.2) is 0 Å². The van der Waals surface area contributed by atoms with Crippen molar-refractivity contribution in [3.63, 3.8) is 0 Å². The van der Waals surface area contributed by atoms with E-state index in [1.807, 2.05) is 36.4 Å². The molecule has 4 aromatic carbocycles. The Morgan fingerprint density at radius 1 is 0.900 bits per heavy atom. The standard InChI is InChI=1S/C17H9ClO2/c18-14-8-11-7-12(17(19)20)6-10-5-4-9-2-1-3-13(14)16(9)15(10)11/h1-8H,(H,19,20). The van der Waals surface area contributed by atoms with Crippen molar-refractivity contribution in [1.29, 1.82) is 0 Å². The Morgan fingerprint density at radius 3 is 2.45 bits per heavy atom. The van der Waals surface area contributed by atoms with E-state index < -0.39 is 5.97 Å². The summed E-state index contributed by atoms with van der Waals surface area (Å²) in [6.07, 6.45) is 0. The van der Waals surface area contributed by atoms with Crippen LogP contribution < -0.4 is 0 Å². The molecule has 0 fully saturated rings. The Balaban J connectivity index is 2.34. The van der Waals surface area contributed by atoms with Gasteiger partial charge in [-0.25, -0.2) is 4.79 Å². The minimum atomic E-state index is -0.924. The van der Waals surface area contributed by atoms with E-state index in [4.69, 9.17) is 11.6 Å². The third kappa shape index (κ3) is 1.43. The zero-order valence-electron chi connectivity index (χ0n) is 10.4. The number of hydrogen-bond acceptors (Lipinski definition) is 1. The van der Waals surface area contributed by atoms with Gasteiger partial charge in [0.2, 0.25) is 0 Å². The number of hydrogen-bond donors (Lipinski definition) is 1. The fourth-order valence-corrected chi connectivity index (χ4v) is 3.20. The van der Waals surface area contributed by atoms with E-state index in [0.29, 0.717) is 5.02 Å². The van der Waals surface area contributed by atoms with E-state index >= 15 is 0 Å². The van der Waals surface area contributed by atoms with E-state index in [0.717, 1.165) is 32.3 Å². The highest BCUT2D eigenvalue weighted by Crippen LogP contribution is 2.38. The van der Waals surface area contributed by atoms with E-state index in [-0.39, 0.29) is 5.56 Å². The molecule has 0 atom stereocenters. The predicted octanol–water partition coefficient (Wildman–Crippen LogP) is 4.94. The molecule has 0 aliphatic rings. The molecule has 0 spiro atoms. The van der Waals surface area contributed by atoms with E-state index in [1.54, 1.807) is 12.1 Å². The van der Waals surface area contributed by atoms with E-state index in [2.05, 4.69) is 0 Å². The van der Waals surface area contributed by atoms with Gasteiger partial charge >= 0.3 is 5.97 Å². The fourth-order valence-electron chi connectivity index (χ4n) is 2.93. The highest BCUT2D eigenvalue weighted by atomic mass is 35.5. The second-order valence-electron chi connectivity index (χ2n) is 4.93. The third-order valence-electron chi connectivity index (χ3n) is 3.77. The minimum Gasteiger partial charge on any atom is -0.478 e. The first-order valence-electron chi connectivity index (χ1n) is 6.25. The van der Waals surface area contributed by atoms with Crippen molar-refractivity contribution in [1.82, 2.24) is 0 Å². The topological polar surface area (TPSA) is 37.3 Å². The molecule has 0 saturated heterocycles. The number of carbonyl (C=O) groups is 1. The van der Waals surface area contributed by atoms with Gasteiger partial charge in [-0.15, -0.1) is 0 Å². The number of benzene rings is 4. The van der Waals surface area contributed by atoms with Gasteiger partial charge in [-0.05, 0) is 45.1 Å². The van der Waals surface area contributed by atoms with Gasteiger partial charge in [-0.2, -0.15) is 0 Å². The summed E-state index contributed by atoms with van der Waals surface area (Å²) >= 11 is 6.34. The number of halogens is 1. The molecule has 0 aliphatic carbocycles. The molecule has 0 amide bonds. The van der Waals surface area contributed by atoms with Crippen LogP contribution in [-0.2, 0) is 0 Å². The van der Waals surface area contributed by atoms with Gasteiger partial charge in [0.1, 0.15) is 0 Å². The maximum absolute atomic E-state index is 11.2. The normalized spacial score (nSPS) is 11.7. The first-order valence-corrected chi connectivity index (χ1v) is 6.63. The van der Waals surface area contributed by atoms with Crippen LogP contribution in [0.25, 0.3) is 32.3 Å². The molecule has 96 valence electrons. The molecule has 0 aromatic heterocycles. The van der Waals surface area contributed by atoms with Crippen molar-refractivity contribution in [2.24, 2.45) is 0 Å². The average Bonchev–Trinajstić information content (AvgIpc) is 2.45. The number of aromatic carboxylic acids is 1. The molecule has 20 heavy (non-hydrogen) atoms. The summed E-state index contributed by atoms with van der Waals surface area (Å²) in [6, 6.07) is 15.2. The van der Waals surface area contributed by atoms with Crippen molar-refractivity contribution >= 4 is 49.9 Å². The summed E-state index contributed by atoms with van der Waals surface area (Å²) in [6.45, 7) is 0. The lowest BCUT2D eigenvalue weighted by molar-refractivity contribution is 0.0697. The number of carboxylic acid groups (broad SMARTS) is 1. The number of rotatable bonds is 1. The Hall–Kier alpha value is -2.32. The lowest BCUT2D eigenvalue weighted by Crippen LogP contribution is -1.96. The zero-order chi connectivity index (χ0) is 13.9. The van der Waals surface area contributed by atoms with Crippen molar-refractivity contribution in [2.75, 3.05) is 0 Å². The summed E-state index contributed by atoms with van der Waals surface area (Å²) in [7, 11) is 0. The zero-order valence-corrected chi connectivity index (χ0v) is 11.1. The van der Waals surface area contributed by atoms with E-state index in [1.165, 1.54) is 0 Å². The summed E-state index contributed by atoms with van der Waals surface area (Å²) in [5, 5.41) is 16.0. The van der Waals surface area contributed by atoms with Crippen LogP contribution >= 0.6 is 11.6 Å². The largest absolute Gasteiger partial charge is 0.478 e. The smallest absolute Gasteiger partial charge is 0.335 e. The monoisotopic (exact) mass is 280 g/mol. The van der Waals surface area contributed by atoms with Gasteiger partial charge < -0.3 is 5.11 Å². The van der Waals surface area contributed by atoms with Crippen LogP contribution in [0.5, 0.6) is 0 Å². The Labute approximate surface area is 119 Å². The summed E-state index contributed by atoms with van der Waals surface area (Å²) in [5.41, 5.74) is 0.284. The molecular formula is C17H9ClO2. The second kappa shape index (κ2) is 3.84. The van der Waals surface area contributed by atoms with Gasteiger partial charge in [-0.1, -0.05) is 41.9 Å². The van der Waals surface area contributed by atoms with Crippen molar-refractivity contribution in [2.45, 2.75) is 0 Å². The van der Waals surface area contributed by atoms with Gasteiger partial charge in [0.25, 0.3) is 0 Å². The molecule has 3 heteroatoms. The molecule has 4 rings (SSSR count). The maximum Gasteiger partial charge on any atom is 0.335 e. The molecule has 0 unspecified atom stereocenters. The maximum atomic E-state index is 11.2. The molecule has 0 bridgehead atoms. The first kappa shape index (κ1) is 11.5. The Morgan fingerprint density at radius 2 is 1.65 bits per heavy atom. The quantitative estimate of drug-likeness (QED) is 0.502. The lowest BCUT2D eigenvalue weighted by atomic mass is 9.93. The minimum absolute atomic E-state index is 0.284. The Bertz CT molecular complexity index is 988. The summed E-state index contributed by atoms with van der Waals surface area (Å²) < 4.78 is 0. The van der Waals surface area contributed by atoms with Crippen LogP contribution in [0.4, 0.5) is 0 Å². The van der Waals surface area contributed by atoms with Crippen LogP contribution in [0.1, 0.15) is 10.4 Å². The van der Waals surface area contributed by atoms with Gasteiger partial charge in [-0.3, -0.25) is 0 Å². The highest BCUT2D eigenvalue weighted by molar-refractivity contribution is 6.39. The van der Waals surface area contributed by atoms with Crippen LogP contribution in [-0.4, -0.2) is 11.1 Å².